The van der Waals surface area contributed by atoms with Gasteiger partial charge in [-0.15, -0.1) is 0 Å². The smallest absolute Gasteiger partial charge is 0.323 e. The zero-order valence-electron chi connectivity index (χ0n) is 12.9. The fourth-order valence-electron chi connectivity index (χ4n) is 2.70. The Balaban J connectivity index is 1.68. The highest BCUT2D eigenvalue weighted by atomic mass is 19.3. The lowest BCUT2D eigenvalue weighted by Crippen LogP contribution is -2.06. The van der Waals surface area contributed by atoms with E-state index < -0.39 is 12.2 Å². The lowest BCUT2D eigenvalue weighted by molar-refractivity contribution is 0.141. The van der Waals surface area contributed by atoms with Crippen molar-refractivity contribution in [3.8, 4) is 0 Å². The fraction of sp³-hybridized carbons (Fsp3) is 0.118. The van der Waals surface area contributed by atoms with E-state index in [1.165, 1.54) is 0 Å². The van der Waals surface area contributed by atoms with Crippen LogP contribution in [0.15, 0.2) is 47.3 Å². The van der Waals surface area contributed by atoms with E-state index in [9.17, 15) is 13.6 Å². The summed E-state index contributed by atoms with van der Waals surface area (Å²) in [4.78, 5) is 24.5. The molecule has 0 atom stereocenters. The minimum Gasteiger partial charge on any atom is -0.365 e. The van der Waals surface area contributed by atoms with Gasteiger partial charge in [0.05, 0.1) is 16.6 Å². The number of fused-ring (bicyclic) bond motifs is 2. The summed E-state index contributed by atoms with van der Waals surface area (Å²) < 4.78 is 26.1. The molecule has 8 heteroatoms. The van der Waals surface area contributed by atoms with E-state index in [1.54, 1.807) is 30.3 Å². The van der Waals surface area contributed by atoms with Crippen molar-refractivity contribution in [2.75, 3.05) is 5.32 Å². The molecule has 0 bridgehead atoms. The van der Waals surface area contributed by atoms with E-state index in [2.05, 4.69) is 25.3 Å². The molecule has 0 aliphatic carbocycles. The monoisotopic (exact) mass is 341 g/mol. The van der Waals surface area contributed by atoms with Gasteiger partial charge >= 0.3 is 5.69 Å². The van der Waals surface area contributed by atoms with Crippen molar-refractivity contribution in [2.24, 2.45) is 0 Å². The van der Waals surface area contributed by atoms with Gasteiger partial charge in [-0.05, 0) is 29.8 Å². The Morgan fingerprint density at radius 2 is 1.84 bits per heavy atom. The highest BCUT2D eigenvalue weighted by Crippen LogP contribution is 2.25. The number of para-hydroxylation sites is 1. The van der Waals surface area contributed by atoms with Gasteiger partial charge in [-0.1, -0.05) is 18.2 Å². The molecule has 2 aromatic carbocycles. The molecule has 0 unspecified atom stereocenters. The number of anilines is 1. The number of halogens is 2. The molecule has 2 aromatic heterocycles. The summed E-state index contributed by atoms with van der Waals surface area (Å²) in [6.07, 6.45) is -2.74. The van der Waals surface area contributed by atoms with Crippen molar-refractivity contribution in [1.82, 2.24) is 19.9 Å². The van der Waals surface area contributed by atoms with Gasteiger partial charge in [-0.25, -0.2) is 23.5 Å². The maximum atomic E-state index is 13.0. The standard InChI is InChI=1S/C17H13F2N5O/c18-14(19)16-21-11-4-2-1-3-10(11)15(24-16)20-8-9-5-6-12-13(7-9)23-17(25)22-12/h1-7,14H,8H2,(H,20,21,24)(H2,22,23,25). The van der Waals surface area contributed by atoms with Gasteiger partial charge in [-0.2, -0.15) is 0 Å². The van der Waals surface area contributed by atoms with E-state index >= 15 is 0 Å². The van der Waals surface area contributed by atoms with Crippen LogP contribution in [-0.2, 0) is 6.54 Å². The lowest BCUT2D eigenvalue weighted by Gasteiger charge is -2.10. The molecule has 0 saturated carbocycles. The Morgan fingerprint density at radius 1 is 1.04 bits per heavy atom. The number of aromatic amines is 2. The van der Waals surface area contributed by atoms with Crippen molar-refractivity contribution in [1.29, 1.82) is 0 Å². The van der Waals surface area contributed by atoms with E-state index in [0.29, 0.717) is 34.3 Å². The Morgan fingerprint density at radius 3 is 2.68 bits per heavy atom. The first-order chi connectivity index (χ1) is 12.1. The maximum Gasteiger partial charge on any atom is 0.323 e. The number of alkyl halides is 2. The predicted molar refractivity (Wildman–Crippen MR) is 90.7 cm³/mol. The molecule has 0 radical (unpaired) electrons. The van der Waals surface area contributed by atoms with Crippen LogP contribution in [0.3, 0.4) is 0 Å². The lowest BCUT2D eigenvalue weighted by atomic mass is 10.2. The van der Waals surface area contributed by atoms with E-state index in [1.807, 2.05) is 12.1 Å². The second-order valence-electron chi connectivity index (χ2n) is 5.56. The largest absolute Gasteiger partial charge is 0.365 e. The highest BCUT2D eigenvalue weighted by Gasteiger charge is 2.15. The van der Waals surface area contributed by atoms with Crippen LogP contribution in [0.25, 0.3) is 21.9 Å². The Kier molecular flexibility index (Phi) is 3.64. The molecule has 0 fully saturated rings. The average molecular weight is 341 g/mol. The number of H-pyrrole nitrogens is 2. The number of aromatic nitrogens is 4. The first-order valence-corrected chi connectivity index (χ1v) is 7.60. The molecule has 6 nitrogen and oxygen atoms in total. The van der Waals surface area contributed by atoms with E-state index in [-0.39, 0.29) is 5.69 Å². The van der Waals surface area contributed by atoms with Crippen LogP contribution in [0.1, 0.15) is 17.8 Å². The molecule has 126 valence electrons. The number of rotatable bonds is 4. The molecule has 4 rings (SSSR count). The fourth-order valence-corrected chi connectivity index (χ4v) is 2.70. The SMILES string of the molecule is O=c1[nH]c2ccc(CNc3nc(C(F)F)nc4ccccc34)cc2[nH]1. The second kappa shape index (κ2) is 5.97. The zero-order chi connectivity index (χ0) is 17.4. The first-order valence-electron chi connectivity index (χ1n) is 7.60. The molecule has 25 heavy (non-hydrogen) atoms. The van der Waals surface area contributed by atoms with Crippen LogP contribution in [0.4, 0.5) is 14.6 Å². The van der Waals surface area contributed by atoms with E-state index in [0.717, 1.165) is 5.56 Å². The summed E-state index contributed by atoms with van der Waals surface area (Å²) in [5.41, 5.74) is 2.46. The van der Waals surface area contributed by atoms with Crippen LogP contribution in [0, 0.1) is 0 Å². The minimum atomic E-state index is -2.74. The van der Waals surface area contributed by atoms with Crippen molar-refractivity contribution in [3.63, 3.8) is 0 Å². The van der Waals surface area contributed by atoms with Crippen molar-refractivity contribution in [2.45, 2.75) is 13.0 Å². The number of imidazole rings is 1. The number of nitrogens with one attached hydrogen (secondary N) is 3. The average Bonchev–Trinajstić information content (AvgIpc) is 2.98. The van der Waals surface area contributed by atoms with Crippen LogP contribution < -0.4 is 11.0 Å². The highest BCUT2D eigenvalue weighted by molar-refractivity contribution is 5.89. The Hall–Kier alpha value is -3.29. The Labute approximate surface area is 139 Å². The molecule has 0 saturated heterocycles. The predicted octanol–water partition coefficient (Wildman–Crippen LogP) is 3.35. The van der Waals surface area contributed by atoms with Crippen LogP contribution >= 0.6 is 0 Å². The van der Waals surface area contributed by atoms with Gasteiger partial charge in [0.25, 0.3) is 6.43 Å². The molecular formula is C17H13F2N5O. The second-order valence-corrected chi connectivity index (χ2v) is 5.56. The van der Waals surface area contributed by atoms with Crippen LogP contribution in [0.2, 0.25) is 0 Å². The van der Waals surface area contributed by atoms with Crippen molar-refractivity contribution >= 4 is 27.8 Å². The van der Waals surface area contributed by atoms with Gasteiger partial charge in [-0.3, -0.25) is 0 Å². The van der Waals surface area contributed by atoms with Gasteiger partial charge in [0.1, 0.15) is 5.82 Å². The third-order valence-corrected chi connectivity index (χ3v) is 3.86. The molecule has 0 aliphatic rings. The third kappa shape index (κ3) is 2.93. The summed E-state index contributed by atoms with van der Waals surface area (Å²) in [6, 6.07) is 12.4. The number of benzene rings is 2. The zero-order valence-corrected chi connectivity index (χ0v) is 12.9. The van der Waals surface area contributed by atoms with Crippen molar-refractivity contribution in [3.05, 3.63) is 64.3 Å². The first kappa shape index (κ1) is 15.3. The maximum absolute atomic E-state index is 13.0. The summed E-state index contributed by atoms with van der Waals surface area (Å²) in [6.45, 7) is 0.368. The molecule has 2 heterocycles. The third-order valence-electron chi connectivity index (χ3n) is 3.86. The van der Waals surface area contributed by atoms with Gasteiger partial charge < -0.3 is 15.3 Å². The summed E-state index contributed by atoms with van der Waals surface area (Å²) >= 11 is 0. The van der Waals surface area contributed by atoms with Gasteiger partial charge in [0.15, 0.2) is 5.82 Å². The molecule has 0 amide bonds. The summed E-state index contributed by atoms with van der Waals surface area (Å²) in [5.74, 6) is -0.157. The number of nitrogens with zero attached hydrogens (tertiary/aromatic N) is 2. The van der Waals surface area contributed by atoms with Crippen molar-refractivity contribution < 1.29 is 8.78 Å². The topological polar surface area (TPSA) is 86.5 Å². The van der Waals surface area contributed by atoms with Crippen LogP contribution in [-0.4, -0.2) is 19.9 Å². The Bertz CT molecular complexity index is 1120. The van der Waals surface area contributed by atoms with Gasteiger partial charge in [0.2, 0.25) is 0 Å². The molecular weight excluding hydrogens is 328 g/mol. The molecule has 3 N–H and O–H groups in total. The van der Waals surface area contributed by atoms with E-state index in [4.69, 9.17) is 0 Å². The normalized spacial score (nSPS) is 11.5. The number of hydrogen-bond acceptors (Lipinski definition) is 4. The quantitative estimate of drug-likeness (QED) is 0.531. The number of hydrogen-bond donors (Lipinski definition) is 3. The molecule has 0 spiro atoms. The van der Waals surface area contributed by atoms with Crippen LogP contribution in [0.5, 0.6) is 0 Å². The summed E-state index contributed by atoms with van der Waals surface area (Å²) in [5, 5.41) is 3.75. The molecule has 4 aromatic rings. The molecule has 0 aliphatic heterocycles. The summed E-state index contributed by atoms with van der Waals surface area (Å²) in [7, 11) is 0. The minimum absolute atomic E-state index is 0.275. The van der Waals surface area contributed by atoms with Gasteiger partial charge in [0, 0.05) is 11.9 Å².